The Hall–Kier alpha value is -0.400. The van der Waals surface area contributed by atoms with Gasteiger partial charge in [0.2, 0.25) is 5.91 Å². The maximum absolute atomic E-state index is 14.8. The molecule has 0 heterocycles. The Morgan fingerprint density at radius 1 is 1.26 bits per heavy atom. The molecular formula is C22H29Cl2F2N2NaO2-2. The van der Waals surface area contributed by atoms with Crippen LogP contribution in [0.1, 0.15) is 57.1 Å². The molecule has 2 fully saturated rings. The number of hydrogen-bond donors (Lipinski definition) is 2. The minimum absolute atomic E-state index is 0. The SMILES string of the molecule is CC(N)=O.[CH2-]C[C@@H]([CH2-])C(=O)NC(c1c(F)ccc(Cl)c1Cl)C12CCC(F)(CC1)C2.[CH3-].[Na+]. The van der Waals surface area contributed by atoms with Gasteiger partial charge in [0.15, 0.2) is 5.91 Å². The maximum Gasteiger partial charge on any atom is 1.00 e. The van der Waals surface area contributed by atoms with Crippen LogP contribution >= 0.6 is 23.2 Å². The zero-order valence-electron chi connectivity index (χ0n) is 18.4. The van der Waals surface area contributed by atoms with Gasteiger partial charge in [-0.15, -0.1) is 5.92 Å². The third-order valence-corrected chi connectivity index (χ3v) is 6.62. The number of benzene rings is 1. The molecule has 0 saturated heterocycles. The minimum Gasteiger partial charge on any atom is -0.370 e. The van der Waals surface area contributed by atoms with E-state index in [4.69, 9.17) is 23.2 Å². The second kappa shape index (κ2) is 12.2. The van der Waals surface area contributed by atoms with Crippen molar-refractivity contribution in [1.82, 2.24) is 5.32 Å². The molecule has 2 aliphatic rings. The Kier molecular flexibility index (Phi) is 12.0. The van der Waals surface area contributed by atoms with Crippen LogP contribution in [0.15, 0.2) is 12.1 Å². The Morgan fingerprint density at radius 3 is 2.19 bits per heavy atom. The fourth-order valence-corrected chi connectivity index (χ4v) is 4.73. The first-order valence-electron chi connectivity index (χ1n) is 9.46. The van der Waals surface area contributed by atoms with Gasteiger partial charge in [0.1, 0.15) is 11.5 Å². The average molecular weight is 485 g/mol. The summed E-state index contributed by atoms with van der Waals surface area (Å²) in [7, 11) is 0. The number of amides is 2. The molecular weight excluding hydrogens is 456 g/mol. The summed E-state index contributed by atoms with van der Waals surface area (Å²) in [5, 5.41) is 3.16. The minimum atomic E-state index is -1.24. The predicted octanol–water partition coefficient (Wildman–Crippen LogP) is 2.58. The van der Waals surface area contributed by atoms with Gasteiger partial charge in [-0.2, -0.15) is 6.42 Å². The summed E-state index contributed by atoms with van der Waals surface area (Å²) in [6.45, 7) is 8.75. The second-order valence-electron chi connectivity index (χ2n) is 7.98. The van der Waals surface area contributed by atoms with Crippen molar-refractivity contribution in [1.29, 1.82) is 0 Å². The molecule has 0 aliphatic heterocycles. The molecule has 4 nitrogen and oxygen atoms in total. The zero-order chi connectivity index (χ0) is 22.0. The van der Waals surface area contributed by atoms with Crippen LogP contribution in [0.5, 0.6) is 0 Å². The first-order chi connectivity index (χ1) is 13.4. The van der Waals surface area contributed by atoms with Crippen molar-refractivity contribution in [2.45, 2.75) is 57.2 Å². The molecule has 31 heavy (non-hydrogen) atoms. The summed E-state index contributed by atoms with van der Waals surface area (Å²) in [5.74, 6) is -1.79. The van der Waals surface area contributed by atoms with E-state index in [-0.39, 0.29) is 64.4 Å². The zero-order valence-corrected chi connectivity index (χ0v) is 21.9. The monoisotopic (exact) mass is 484 g/mol. The third kappa shape index (κ3) is 7.04. The largest absolute Gasteiger partial charge is 1.00 e. The molecule has 1 unspecified atom stereocenters. The number of carbonyl (C=O) groups is 2. The van der Waals surface area contributed by atoms with Crippen molar-refractivity contribution >= 4 is 35.0 Å². The summed E-state index contributed by atoms with van der Waals surface area (Å²) in [6.07, 6.45) is 2.58. The molecule has 2 atom stereocenters. The number of hydrogen-bond acceptors (Lipinski definition) is 2. The fourth-order valence-electron chi connectivity index (χ4n) is 4.30. The number of nitrogens with one attached hydrogen (secondary N) is 1. The first kappa shape index (κ1) is 30.6. The normalized spacial score (nSPS) is 25.3. The van der Waals surface area contributed by atoms with Gasteiger partial charge >= 0.3 is 29.6 Å². The Labute approximate surface area is 216 Å². The van der Waals surface area contributed by atoms with Crippen LogP contribution in [-0.2, 0) is 9.59 Å². The van der Waals surface area contributed by atoms with Crippen LogP contribution in [0.2, 0.25) is 10.0 Å². The van der Waals surface area contributed by atoms with E-state index in [0.717, 1.165) is 0 Å². The van der Waals surface area contributed by atoms with Gasteiger partial charge < -0.3 is 32.3 Å². The van der Waals surface area contributed by atoms with Crippen LogP contribution in [0.25, 0.3) is 0 Å². The summed E-state index contributed by atoms with van der Waals surface area (Å²) < 4.78 is 29.4. The second-order valence-corrected chi connectivity index (χ2v) is 8.77. The summed E-state index contributed by atoms with van der Waals surface area (Å²) in [5.41, 5.74) is 2.83. The number of alkyl halides is 1. The van der Waals surface area contributed by atoms with Crippen LogP contribution in [-0.4, -0.2) is 17.5 Å². The number of carbonyl (C=O) groups excluding carboxylic acids is 2. The van der Waals surface area contributed by atoms with Crippen LogP contribution in [0.4, 0.5) is 8.78 Å². The van der Waals surface area contributed by atoms with E-state index in [1.165, 1.54) is 19.1 Å². The van der Waals surface area contributed by atoms with Crippen molar-refractivity contribution in [3.05, 3.63) is 54.8 Å². The first-order valence-corrected chi connectivity index (χ1v) is 10.2. The number of rotatable bonds is 5. The summed E-state index contributed by atoms with van der Waals surface area (Å²) in [6, 6.07) is 1.87. The molecule has 1 aromatic rings. The molecule has 3 N–H and O–H groups in total. The quantitative estimate of drug-likeness (QED) is 0.383. The van der Waals surface area contributed by atoms with Crippen LogP contribution in [0, 0.1) is 38.4 Å². The smallest absolute Gasteiger partial charge is 0.370 e. The summed E-state index contributed by atoms with van der Waals surface area (Å²) in [4.78, 5) is 21.7. The van der Waals surface area contributed by atoms with E-state index in [0.29, 0.717) is 38.5 Å². The molecule has 3 rings (SSSR count). The number of fused-ring (bicyclic) bond motifs is 2. The van der Waals surface area contributed by atoms with E-state index in [9.17, 15) is 18.4 Å². The van der Waals surface area contributed by atoms with E-state index in [1.54, 1.807) is 0 Å². The van der Waals surface area contributed by atoms with Crippen molar-refractivity contribution in [3.8, 4) is 0 Å². The van der Waals surface area contributed by atoms with Gasteiger partial charge in [-0.3, -0.25) is 9.59 Å². The topological polar surface area (TPSA) is 72.2 Å². The molecule has 170 valence electrons. The van der Waals surface area contributed by atoms with Gasteiger partial charge in [0, 0.05) is 12.5 Å². The van der Waals surface area contributed by atoms with E-state index < -0.39 is 28.9 Å². The Bertz CT molecular complexity index is 783. The van der Waals surface area contributed by atoms with E-state index >= 15 is 0 Å². The number of primary amides is 1. The predicted molar refractivity (Wildman–Crippen MR) is 117 cm³/mol. The van der Waals surface area contributed by atoms with E-state index in [2.05, 4.69) is 24.9 Å². The average Bonchev–Trinajstić information content (AvgIpc) is 3.17. The molecule has 2 bridgehead atoms. The van der Waals surface area contributed by atoms with Gasteiger partial charge in [0.05, 0.1) is 16.1 Å². The Morgan fingerprint density at radius 2 is 1.77 bits per heavy atom. The molecule has 9 heteroatoms. The Balaban J connectivity index is 0.00000138. The number of nitrogens with two attached hydrogens (primary N) is 1. The molecule has 0 aromatic heterocycles. The van der Waals surface area contributed by atoms with Crippen LogP contribution < -0.4 is 40.6 Å². The molecule has 0 radical (unpaired) electrons. The van der Waals surface area contributed by atoms with Gasteiger partial charge in [0.25, 0.3) is 0 Å². The van der Waals surface area contributed by atoms with E-state index in [1.807, 2.05) is 0 Å². The van der Waals surface area contributed by atoms with Crippen molar-refractivity contribution in [2.24, 2.45) is 17.1 Å². The van der Waals surface area contributed by atoms with Gasteiger partial charge in [-0.1, -0.05) is 23.2 Å². The maximum atomic E-state index is 14.8. The van der Waals surface area contributed by atoms with Crippen molar-refractivity contribution < 1.29 is 47.9 Å². The van der Waals surface area contributed by atoms with Crippen molar-refractivity contribution in [2.75, 3.05) is 0 Å². The van der Waals surface area contributed by atoms with Crippen molar-refractivity contribution in [3.63, 3.8) is 0 Å². The molecule has 0 spiro atoms. The third-order valence-electron chi connectivity index (χ3n) is 5.80. The molecule has 2 aliphatic carbocycles. The van der Waals surface area contributed by atoms with Crippen LogP contribution in [0.3, 0.4) is 0 Å². The molecule has 2 amide bonds. The standard InChI is InChI=1S/C19H21Cl2F2NO.C2H5NO.CH3.Na/c1-3-11(2)17(25)24-16(14-13(22)5-4-12(20)15(14)21)18-6-8-19(23,10-18)9-7-18;1-2(3)4;;/h4-5,11,16H,1-3,6-10H2,(H,24,25);1H3,(H2,3,4);1H3;/q-2;;-1;+1/t11-,16?,18?,19?;;;/m1.../s1. The summed E-state index contributed by atoms with van der Waals surface area (Å²) >= 11 is 12.4. The van der Waals surface area contributed by atoms with Gasteiger partial charge in [-0.05, 0) is 49.7 Å². The van der Waals surface area contributed by atoms with Gasteiger partial charge in [-0.25, -0.2) is 8.78 Å². The molecule has 1 aromatic carbocycles. The fraction of sp³-hybridized carbons (Fsp3) is 0.500. The molecule has 2 saturated carbocycles. The number of halogens is 4.